The predicted octanol–water partition coefficient (Wildman–Crippen LogP) is 17.3. The van der Waals surface area contributed by atoms with Crippen molar-refractivity contribution in [1.82, 2.24) is 5.32 Å². The maximum atomic E-state index is 12.5. The molecular formula is C57H111NO4. The zero-order chi connectivity index (χ0) is 45.1. The molecule has 0 spiro atoms. The molecule has 1 amide bonds. The summed E-state index contributed by atoms with van der Waals surface area (Å²) in [6.45, 7) is 4.21. The van der Waals surface area contributed by atoms with Crippen molar-refractivity contribution in [2.75, 3.05) is 6.61 Å². The highest BCUT2D eigenvalue weighted by molar-refractivity contribution is 5.80. The van der Waals surface area contributed by atoms with Crippen molar-refractivity contribution < 1.29 is 20.1 Å². The number of allylic oxidation sites excluding steroid dienone is 3. The average Bonchev–Trinajstić information content (AvgIpc) is 3.28. The third-order valence-corrected chi connectivity index (χ3v) is 13.3. The predicted molar refractivity (Wildman–Crippen MR) is 273 cm³/mol. The van der Waals surface area contributed by atoms with E-state index in [0.717, 1.165) is 32.1 Å². The molecule has 0 aromatic heterocycles. The van der Waals surface area contributed by atoms with Crippen LogP contribution in [0, 0.1) is 0 Å². The normalized spacial score (nSPS) is 13.4. The summed E-state index contributed by atoms with van der Waals surface area (Å²) in [5.41, 5.74) is 0. The molecule has 0 bridgehead atoms. The number of carbonyl (C=O) groups excluding carboxylic acids is 1. The highest BCUT2D eigenvalue weighted by Gasteiger charge is 2.22. The van der Waals surface area contributed by atoms with Crippen LogP contribution in [0.1, 0.15) is 309 Å². The molecular weight excluding hydrogens is 763 g/mol. The minimum atomic E-state index is -1.10. The van der Waals surface area contributed by atoms with E-state index in [0.29, 0.717) is 6.42 Å². The first-order chi connectivity index (χ1) is 30.6. The van der Waals surface area contributed by atoms with Gasteiger partial charge in [-0.2, -0.15) is 0 Å². The molecule has 368 valence electrons. The molecule has 5 nitrogen and oxygen atoms in total. The van der Waals surface area contributed by atoms with Gasteiger partial charge in [0.1, 0.15) is 6.10 Å². The van der Waals surface area contributed by atoms with Crippen molar-refractivity contribution in [2.24, 2.45) is 0 Å². The van der Waals surface area contributed by atoms with Gasteiger partial charge < -0.3 is 20.6 Å². The summed E-state index contributed by atoms with van der Waals surface area (Å²) >= 11 is 0. The number of aliphatic hydroxyl groups excluding tert-OH is 3. The summed E-state index contributed by atoms with van der Waals surface area (Å²) in [5, 5.41) is 33.3. The summed E-state index contributed by atoms with van der Waals surface area (Å²) in [4.78, 5) is 12.5. The third-order valence-electron chi connectivity index (χ3n) is 13.3. The molecule has 0 heterocycles. The van der Waals surface area contributed by atoms with Gasteiger partial charge in [0, 0.05) is 0 Å². The summed E-state index contributed by atoms with van der Waals surface area (Å²) in [5.74, 6) is -0.499. The SMILES string of the molecule is CCCCCCCCCCCCCC/C=C/C(O)C(CO)NC(=O)C(O)CCCCCCCCCCCCCCCCCC/C=C\CCCCCCCCCCCCCCCC. The van der Waals surface area contributed by atoms with Crippen LogP contribution in [0.15, 0.2) is 24.3 Å². The fraction of sp³-hybridized carbons (Fsp3) is 0.912. The molecule has 5 heteroatoms. The Balaban J connectivity index is 3.48. The van der Waals surface area contributed by atoms with Crippen LogP contribution in [-0.2, 0) is 4.79 Å². The van der Waals surface area contributed by atoms with Gasteiger partial charge >= 0.3 is 0 Å². The van der Waals surface area contributed by atoms with Gasteiger partial charge in [-0.1, -0.05) is 289 Å². The summed E-state index contributed by atoms with van der Waals surface area (Å²) in [6.07, 6.45) is 67.0. The smallest absolute Gasteiger partial charge is 0.249 e. The minimum Gasteiger partial charge on any atom is -0.394 e. The Morgan fingerprint density at radius 3 is 0.935 bits per heavy atom. The van der Waals surface area contributed by atoms with E-state index >= 15 is 0 Å². The van der Waals surface area contributed by atoms with Crippen LogP contribution in [0.4, 0.5) is 0 Å². The molecule has 0 aromatic rings. The van der Waals surface area contributed by atoms with E-state index in [-0.39, 0.29) is 6.61 Å². The van der Waals surface area contributed by atoms with Crippen molar-refractivity contribution in [3.8, 4) is 0 Å². The van der Waals surface area contributed by atoms with E-state index < -0.39 is 24.2 Å². The van der Waals surface area contributed by atoms with Gasteiger partial charge in [0.25, 0.3) is 0 Å². The standard InChI is InChI=1S/C57H111NO4/c1-3-5-7-9-11-13-15-17-19-20-21-22-23-24-25-26-27-28-29-30-31-32-33-34-35-36-37-38-40-42-44-46-48-50-52-56(61)57(62)58-54(53-59)55(60)51-49-47-45-43-41-39-18-16-14-12-10-8-6-4-2/h26-27,49,51,54-56,59-61H,3-25,28-48,50,52-53H2,1-2H3,(H,58,62)/b27-26-,51-49+. The second-order valence-corrected chi connectivity index (χ2v) is 19.5. The zero-order valence-electron chi connectivity index (χ0n) is 42.0. The summed E-state index contributed by atoms with van der Waals surface area (Å²) < 4.78 is 0. The highest BCUT2D eigenvalue weighted by atomic mass is 16.3. The lowest BCUT2D eigenvalue weighted by molar-refractivity contribution is -0.131. The van der Waals surface area contributed by atoms with Crippen LogP contribution in [-0.4, -0.2) is 46.1 Å². The van der Waals surface area contributed by atoms with Gasteiger partial charge in [-0.25, -0.2) is 0 Å². The number of nitrogens with one attached hydrogen (secondary N) is 1. The molecule has 3 unspecified atom stereocenters. The van der Waals surface area contributed by atoms with Crippen LogP contribution in [0.3, 0.4) is 0 Å². The second kappa shape index (κ2) is 52.5. The summed E-state index contributed by atoms with van der Waals surface area (Å²) in [7, 11) is 0. The van der Waals surface area contributed by atoms with E-state index in [1.54, 1.807) is 6.08 Å². The summed E-state index contributed by atoms with van der Waals surface area (Å²) in [6, 6.07) is -0.795. The Morgan fingerprint density at radius 1 is 0.387 bits per heavy atom. The molecule has 4 N–H and O–H groups in total. The molecule has 0 saturated heterocycles. The quantitative estimate of drug-likeness (QED) is 0.0362. The number of hydrogen-bond donors (Lipinski definition) is 4. The monoisotopic (exact) mass is 874 g/mol. The Labute approximate surface area is 388 Å². The molecule has 0 rings (SSSR count). The Hall–Kier alpha value is -1.17. The first-order valence-corrected chi connectivity index (χ1v) is 28.2. The number of carbonyl (C=O) groups is 1. The molecule has 0 aliphatic carbocycles. The van der Waals surface area contributed by atoms with Crippen molar-refractivity contribution in [3.05, 3.63) is 24.3 Å². The van der Waals surface area contributed by atoms with Crippen LogP contribution >= 0.6 is 0 Å². The van der Waals surface area contributed by atoms with Crippen molar-refractivity contribution in [3.63, 3.8) is 0 Å². The largest absolute Gasteiger partial charge is 0.394 e. The molecule has 0 fully saturated rings. The minimum absolute atomic E-state index is 0.361. The zero-order valence-corrected chi connectivity index (χ0v) is 42.0. The van der Waals surface area contributed by atoms with E-state index in [1.807, 2.05) is 6.08 Å². The van der Waals surface area contributed by atoms with Gasteiger partial charge in [0.05, 0.1) is 18.8 Å². The van der Waals surface area contributed by atoms with E-state index in [1.165, 1.54) is 257 Å². The Morgan fingerprint density at radius 2 is 0.645 bits per heavy atom. The van der Waals surface area contributed by atoms with Gasteiger partial charge in [-0.3, -0.25) is 4.79 Å². The molecule has 0 aliphatic heterocycles. The molecule has 62 heavy (non-hydrogen) atoms. The maximum Gasteiger partial charge on any atom is 0.249 e. The fourth-order valence-electron chi connectivity index (χ4n) is 8.89. The topological polar surface area (TPSA) is 89.8 Å². The number of hydrogen-bond acceptors (Lipinski definition) is 4. The lowest BCUT2D eigenvalue weighted by Gasteiger charge is -2.21. The molecule has 0 saturated carbocycles. The number of unbranched alkanes of at least 4 members (excludes halogenated alkanes) is 42. The van der Waals surface area contributed by atoms with E-state index in [4.69, 9.17) is 0 Å². The van der Waals surface area contributed by atoms with Crippen LogP contribution in [0.2, 0.25) is 0 Å². The van der Waals surface area contributed by atoms with E-state index in [9.17, 15) is 20.1 Å². The molecule has 0 aliphatic rings. The lowest BCUT2D eigenvalue weighted by Crippen LogP contribution is -2.48. The number of amides is 1. The van der Waals surface area contributed by atoms with Gasteiger partial charge in [0.2, 0.25) is 5.91 Å². The number of rotatable bonds is 52. The van der Waals surface area contributed by atoms with E-state index in [2.05, 4.69) is 31.3 Å². The first-order valence-electron chi connectivity index (χ1n) is 28.2. The van der Waals surface area contributed by atoms with Crippen LogP contribution in [0.5, 0.6) is 0 Å². The maximum absolute atomic E-state index is 12.5. The van der Waals surface area contributed by atoms with Gasteiger partial charge in [0.15, 0.2) is 0 Å². The van der Waals surface area contributed by atoms with Crippen molar-refractivity contribution in [2.45, 2.75) is 327 Å². The van der Waals surface area contributed by atoms with Gasteiger partial charge in [-0.05, 0) is 44.9 Å². The van der Waals surface area contributed by atoms with Crippen LogP contribution in [0.25, 0.3) is 0 Å². The first kappa shape index (κ1) is 60.8. The van der Waals surface area contributed by atoms with Gasteiger partial charge in [-0.15, -0.1) is 0 Å². The third kappa shape index (κ3) is 46.8. The Kier molecular flexibility index (Phi) is 51.5. The fourth-order valence-corrected chi connectivity index (χ4v) is 8.89. The molecule has 3 atom stereocenters. The highest BCUT2D eigenvalue weighted by Crippen LogP contribution is 2.17. The number of aliphatic hydroxyl groups is 3. The molecule has 0 radical (unpaired) electrons. The second-order valence-electron chi connectivity index (χ2n) is 19.5. The average molecular weight is 875 g/mol. The van der Waals surface area contributed by atoms with Crippen LogP contribution < -0.4 is 5.32 Å². The Bertz CT molecular complexity index is 920. The van der Waals surface area contributed by atoms with Crippen molar-refractivity contribution >= 4 is 5.91 Å². The molecule has 0 aromatic carbocycles. The lowest BCUT2D eigenvalue weighted by atomic mass is 10.0. The van der Waals surface area contributed by atoms with Crippen molar-refractivity contribution in [1.29, 1.82) is 0 Å².